The SMILES string of the molecule is CS(=O)(=O)CC(=O)N1CC(F)(c2ccc(C3=NOC(c4cccc(C(F)(F)F)c4)(C(F)(F)F)C3)cc2)C1. The number of oxime groups is 1. The molecule has 1 unspecified atom stereocenters. The van der Waals surface area contributed by atoms with Gasteiger partial charge in [-0.3, -0.25) is 4.79 Å². The van der Waals surface area contributed by atoms with Crippen molar-refractivity contribution in [1.29, 1.82) is 0 Å². The second kappa shape index (κ2) is 8.71. The number of sulfone groups is 1. The van der Waals surface area contributed by atoms with Crippen LogP contribution in [0.5, 0.6) is 0 Å². The Balaban J connectivity index is 1.52. The summed E-state index contributed by atoms with van der Waals surface area (Å²) in [5, 5.41) is 3.50. The molecular weight excluding hydrogens is 533 g/mol. The van der Waals surface area contributed by atoms with Crippen LogP contribution in [-0.2, 0) is 36.9 Å². The Morgan fingerprint density at radius 2 is 1.65 bits per heavy atom. The van der Waals surface area contributed by atoms with Gasteiger partial charge in [-0.05, 0) is 23.3 Å². The summed E-state index contributed by atoms with van der Waals surface area (Å²) in [6.45, 7) is -0.783. The largest absolute Gasteiger partial charge is 0.435 e. The van der Waals surface area contributed by atoms with Crippen molar-refractivity contribution in [3.05, 3.63) is 70.8 Å². The molecule has 2 aliphatic rings. The zero-order valence-corrected chi connectivity index (χ0v) is 19.8. The van der Waals surface area contributed by atoms with Crippen LogP contribution in [0.15, 0.2) is 53.7 Å². The number of carbonyl (C=O) groups is 1. The van der Waals surface area contributed by atoms with Gasteiger partial charge in [0.2, 0.25) is 5.91 Å². The predicted molar refractivity (Wildman–Crippen MR) is 117 cm³/mol. The molecule has 1 saturated heterocycles. The summed E-state index contributed by atoms with van der Waals surface area (Å²) in [5.74, 6) is -1.50. The topological polar surface area (TPSA) is 76.0 Å². The Labute approximate surface area is 206 Å². The van der Waals surface area contributed by atoms with Gasteiger partial charge in [0.1, 0.15) is 5.75 Å². The summed E-state index contributed by atoms with van der Waals surface area (Å²) in [7, 11) is -3.59. The molecule has 37 heavy (non-hydrogen) atoms. The minimum Gasteiger partial charge on any atom is -0.374 e. The molecule has 0 bridgehead atoms. The molecule has 0 aliphatic carbocycles. The summed E-state index contributed by atoms with van der Waals surface area (Å²) in [6, 6.07) is 7.90. The van der Waals surface area contributed by atoms with Crippen molar-refractivity contribution in [3.8, 4) is 0 Å². The summed E-state index contributed by atoms with van der Waals surface area (Å²) in [5.41, 5.74) is -7.11. The number of nitrogens with zero attached hydrogens (tertiary/aromatic N) is 2. The predicted octanol–water partition coefficient (Wildman–Crippen LogP) is 4.34. The summed E-state index contributed by atoms with van der Waals surface area (Å²) in [6.07, 6.45) is -10.0. The number of benzene rings is 2. The molecule has 1 fully saturated rings. The van der Waals surface area contributed by atoms with E-state index in [1.807, 2.05) is 0 Å². The molecule has 4 rings (SSSR count). The molecule has 6 nitrogen and oxygen atoms in total. The third-order valence-corrected chi connectivity index (χ3v) is 6.97. The molecule has 2 aliphatic heterocycles. The zero-order chi connectivity index (χ0) is 27.4. The maximum atomic E-state index is 15.2. The maximum absolute atomic E-state index is 15.2. The van der Waals surface area contributed by atoms with Crippen LogP contribution in [-0.4, -0.2) is 56.2 Å². The van der Waals surface area contributed by atoms with Crippen molar-refractivity contribution in [1.82, 2.24) is 4.90 Å². The van der Waals surface area contributed by atoms with Gasteiger partial charge in [0.05, 0.1) is 24.4 Å². The van der Waals surface area contributed by atoms with Gasteiger partial charge in [0.15, 0.2) is 15.5 Å². The van der Waals surface area contributed by atoms with Crippen LogP contribution in [0.1, 0.15) is 28.7 Å². The lowest BCUT2D eigenvalue weighted by molar-refractivity contribution is -0.276. The van der Waals surface area contributed by atoms with E-state index < -0.39 is 75.8 Å². The van der Waals surface area contributed by atoms with E-state index in [9.17, 15) is 39.6 Å². The highest BCUT2D eigenvalue weighted by atomic mass is 32.2. The van der Waals surface area contributed by atoms with Gasteiger partial charge >= 0.3 is 12.4 Å². The Hall–Kier alpha value is -3.16. The molecule has 2 aromatic rings. The Bertz CT molecular complexity index is 1350. The fraction of sp³-hybridized carbons (Fsp3) is 0.391. The summed E-state index contributed by atoms with van der Waals surface area (Å²) < 4.78 is 119. The second-order valence-electron chi connectivity index (χ2n) is 9.07. The normalized spacial score (nSPS) is 21.7. The van der Waals surface area contributed by atoms with Crippen LogP contribution >= 0.6 is 0 Å². The molecule has 0 spiro atoms. The molecule has 14 heteroatoms. The van der Waals surface area contributed by atoms with E-state index in [0.29, 0.717) is 12.1 Å². The number of carbonyl (C=O) groups excluding carboxylic acids is 1. The number of hydrogen-bond donors (Lipinski definition) is 0. The standard InChI is InChI=1S/C23H19F7N2O4S/c1-37(34,35)11-19(33)32-12-20(24,13-32)15-7-5-14(6-8-15)18-10-21(36-31-18,23(28,29)30)16-3-2-4-17(9-16)22(25,26)27/h2-9H,10-13H2,1H3. The van der Waals surface area contributed by atoms with Crippen LogP contribution in [0.3, 0.4) is 0 Å². The van der Waals surface area contributed by atoms with Crippen LogP contribution in [0.4, 0.5) is 30.7 Å². The zero-order valence-electron chi connectivity index (χ0n) is 19.0. The van der Waals surface area contributed by atoms with Gasteiger partial charge in [-0.2, -0.15) is 26.3 Å². The first-order valence-electron chi connectivity index (χ1n) is 10.7. The number of hydrogen-bond acceptors (Lipinski definition) is 5. The first kappa shape index (κ1) is 26.9. The molecule has 0 aromatic heterocycles. The van der Waals surface area contributed by atoms with Gasteiger partial charge in [-0.25, -0.2) is 12.8 Å². The van der Waals surface area contributed by atoms with Crippen molar-refractivity contribution in [2.45, 2.75) is 30.0 Å². The second-order valence-corrected chi connectivity index (χ2v) is 11.2. The van der Waals surface area contributed by atoms with Crippen LogP contribution in [0.2, 0.25) is 0 Å². The molecule has 1 atom stereocenters. The van der Waals surface area contributed by atoms with Crippen LogP contribution < -0.4 is 0 Å². The molecule has 0 saturated carbocycles. The first-order valence-corrected chi connectivity index (χ1v) is 12.7. The average Bonchev–Trinajstić information content (AvgIpc) is 3.22. The van der Waals surface area contributed by atoms with E-state index in [0.717, 1.165) is 23.3 Å². The van der Waals surface area contributed by atoms with Crippen molar-refractivity contribution in [2.24, 2.45) is 5.16 Å². The van der Waals surface area contributed by atoms with E-state index in [-0.39, 0.29) is 16.8 Å². The van der Waals surface area contributed by atoms with E-state index >= 15 is 4.39 Å². The quantitative estimate of drug-likeness (QED) is 0.518. The number of rotatable bonds is 5. The average molecular weight is 552 g/mol. The van der Waals surface area contributed by atoms with Crippen LogP contribution in [0, 0.1) is 0 Å². The van der Waals surface area contributed by atoms with Gasteiger partial charge in [-0.15, -0.1) is 0 Å². The van der Waals surface area contributed by atoms with Crippen molar-refractivity contribution < 1.29 is 48.8 Å². The fourth-order valence-corrected chi connectivity index (χ4v) is 4.83. The molecule has 2 heterocycles. The third kappa shape index (κ3) is 5.15. The molecule has 0 radical (unpaired) electrons. The highest BCUT2D eigenvalue weighted by Gasteiger charge is 2.62. The van der Waals surface area contributed by atoms with Crippen molar-refractivity contribution >= 4 is 21.5 Å². The monoisotopic (exact) mass is 552 g/mol. The molecular formula is C23H19F7N2O4S. The maximum Gasteiger partial charge on any atom is 0.435 e. The Morgan fingerprint density at radius 3 is 2.19 bits per heavy atom. The van der Waals surface area contributed by atoms with Gasteiger partial charge in [0, 0.05) is 18.2 Å². The van der Waals surface area contributed by atoms with Gasteiger partial charge < -0.3 is 9.74 Å². The third-order valence-electron chi connectivity index (χ3n) is 6.20. The summed E-state index contributed by atoms with van der Waals surface area (Å²) in [4.78, 5) is 17.7. The molecule has 0 N–H and O–H groups in total. The highest BCUT2D eigenvalue weighted by molar-refractivity contribution is 7.91. The van der Waals surface area contributed by atoms with E-state index in [1.54, 1.807) is 0 Å². The van der Waals surface area contributed by atoms with Gasteiger partial charge in [-0.1, -0.05) is 41.6 Å². The van der Waals surface area contributed by atoms with E-state index in [2.05, 4.69) is 5.16 Å². The Kier molecular flexibility index (Phi) is 6.33. The van der Waals surface area contributed by atoms with Crippen molar-refractivity contribution in [2.75, 3.05) is 25.1 Å². The molecule has 1 amide bonds. The lowest BCUT2D eigenvalue weighted by Crippen LogP contribution is -2.59. The Morgan fingerprint density at radius 1 is 1.03 bits per heavy atom. The minimum atomic E-state index is -5.11. The summed E-state index contributed by atoms with van der Waals surface area (Å²) >= 11 is 0. The number of halogens is 7. The molecule has 2 aromatic carbocycles. The number of alkyl halides is 7. The fourth-order valence-electron chi connectivity index (χ4n) is 4.20. The van der Waals surface area contributed by atoms with E-state index in [4.69, 9.17) is 4.84 Å². The first-order chi connectivity index (χ1) is 16.9. The highest BCUT2D eigenvalue weighted by Crippen LogP contribution is 2.49. The van der Waals surface area contributed by atoms with Gasteiger partial charge in [0.25, 0.3) is 5.60 Å². The van der Waals surface area contributed by atoms with E-state index in [1.165, 1.54) is 24.3 Å². The van der Waals surface area contributed by atoms with Crippen LogP contribution in [0.25, 0.3) is 0 Å². The lowest BCUT2D eigenvalue weighted by atomic mass is 9.84. The van der Waals surface area contributed by atoms with Crippen molar-refractivity contribution in [3.63, 3.8) is 0 Å². The number of amides is 1. The lowest BCUT2D eigenvalue weighted by Gasteiger charge is -2.44. The minimum absolute atomic E-state index is 0.110. The smallest absolute Gasteiger partial charge is 0.374 e. The molecule has 200 valence electrons. The number of likely N-dealkylation sites (tertiary alicyclic amines) is 1.